The van der Waals surface area contributed by atoms with E-state index in [4.69, 9.17) is 0 Å². The van der Waals surface area contributed by atoms with Crippen LogP contribution in [0.2, 0.25) is 0 Å². The second-order valence-corrected chi connectivity index (χ2v) is 9.79. The maximum atomic E-state index is 12.2. The topological polar surface area (TPSA) is 20.3 Å². The molecule has 0 radical (unpaired) electrons. The molecule has 0 aromatic rings. The van der Waals surface area contributed by atoms with Gasteiger partial charge in [0.2, 0.25) is 5.91 Å². The monoisotopic (exact) mass is 365 g/mol. The molecule has 0 bridgehead atoms. The molecule has 3 unspecified atom stereocenters. The van der Waals surface area contributed by atoms with Crippen LogP contribution in [0.5, 0.6) is 0 Å². The molecule has 154 valence electrons. The highest BCUT2D eigenvalue weighted by atomic mass is 16.2. The van der Waals surface area contributed by atoms with Crippen LogP contribution in [0.4, 0.5) is 0 Å². The smallest absolute Gasteiger partial charge is 0.222 e. The zero-order valence-electron chi connectivity index (χ0n) is 18.6. The third-order valence-corrected chi connectivity index (χ3v) is 6.25. The van der Waals surface area contributed by atoms with E-state index in [1.54, 1.807) is 0 Å². The molecule has 0 N–H and O–H groups in total. The van der Waals surface area contributed by atoms with E-state index in [0.717, 1.165) is 37.3 Å². The van der Waals surface area contributed by atoms with Crippen molar-refractivity contribution in [1.29, 1.82) is 0 Å². The Morgan fingerprint density at radius 1 is 0.692 bits per heavy atom. The fourth-order valence-corrected chi connectivity index (χ4v) is 4.29. The molecule has 0 aliphatic carbocycles. The number of amides is 1. The second kappa shape index (κ2) is 13.6. The normalized spacial score (nSPS) is 18.3. The first-order valence-electron chi connectivity index (χ1n) is 11.7. The molecular formula is C24H47NO. The van der Waals surface area contributed by atoms with Gasteiger partial charge in [-0.1, -0.05) is 92.4 Å². The third-order valence-electron chi connectivity index (χ3n) is 6.25. The van der Waals surface area contributed by atoms with Gasteiger partial charge in [0.15, 0.2) is 0 Å². The van der Waals surface area contributed by atoms with Crippen molar-refractivity contribution in [2.75, 3.05) is 13.1 Å². The van der Waals surface area contributed by atoms with Crippen LogP contribution in [-0.4, -0.2) is 23.9 Å². The highest BCUT2D eigenvalue weighted by molar-refractivity contribution is 5.76. The van der Waals surface area contributed by atoms with Gasteiger partial charge in [0.1, 0.15) is 0 Å². The molecule has 1 aliphatic heterocycles. The largest absolute Gasteiger partial charge is 0.343 e. The summed E-state index contributed by atoms with van der Waals surface area (Å²) in [6.45, 7) is 13.8. The van der Waals surface area contributed by atoms with Crippen molar-refractivity contribution in [3.05, 3.63) is 0 Å². The molecular weight excluding hydrogens is 318 g/mol. The Kier molecular flexibility index (Phi) is 12.3. The number of likely N-dealkylation sites (tertiary alicyclic amines) is 1. The van der Waals surface area contributed by atoms with E-state index in [1.807, 2.05) is 0 Å². The Morgan fingerprint density at radius 3 is 1.58 bits per heavy atom. The van der Waals surface area contributed by atoms with Crippen molar-refractivity contribution in [2.45, 2.75) is 112 Å². The Morgan fingerprint density at radius 2 is 1.12 bits per heavy atom. The van der Waals surface area contributed by atoms with Gasteiger partial charge >= 0.3 is 0 Å². The van der Waals surface area contributed by atoms with Gasteiger partial charge in [-0.05, 0) is 36.5 Å². The summed E-state index contributed by atoms with van der Waals surface area (Å²) in [5, 5.41) is 0. The van der Waals surface area contributed by atoms with Gasteiger partial charge in [-0.25, -0.2) is 0 Å². The molecule has 0 spiro atoms. The first-order chi connectivity index (χ1) is 12.4. The van der Waals surface area contributed by atoms with Gasteiger partial charge in [0, 0.05) is 19.5 Å². The predicted molar refractivity (Wildman–Crippen MR) is 114 cm³/mol. The summed E-state index contributed by atoms with van der Waals surface area (Å²) >= 11 is 0. The number of hydrogen-bond donors (Lipinski definition) is 0. The van der Waals surface area contributed by atoms with Crippen LogP contribution in [0.15, 0.2) is 0 Å². The highest BCUT2D eigenvalue weighted by Crippen LogP contribution is 2.23. The molecule has 1 aliphatic rings. The summed E-state index contributed by atoms with van der Waals surface area (Å²) < 4.78 is 0. The van der Waals surface area contributed by atoms with E-state index in [-0.39, 0.29) is 0 Å². The predicted octanol–water partition coefficient (Wildman–Crippen LogP) is 7.07. The van der Waals surface area contributed by atoms with Gasteiger partial charge in [-0.15, -0.1) is 0 Å². The SMILES string of the molecule is CC(C)CCCC(C)CCCC(C)CCCC(C)CC(=O)N1CCCC1. The number of carbonyl (C=O) groups is 1. The zero-order chi connectivity index (χ0) is 19.4. The third kappa shape index (κ3) is 11.2. The average Bonchev–Trinajstić information content (AvgIpc) is 3.09. The summed E-state index contributed by atoms with van der Waals surface area (Å²) in [6, 6.07) is 0. The summed E-state index contributed by atoms with van der Waals surface area (Å²) in [5.74, 6) is 3.55. The van der Waals surface area contributed by atoms with Crippen LogP contribution in [0.25, 0.3) is 0 Å². The van der Waals surface area contributed by atoms with E-state index in [1.165, 1.54) is 70.6 Å². The van der Waals surface area contributed by atoms with Crippen molar-refractivity contribution in [2.24, 2.45) is 23.7 Å². The molecule has 0 saturated carbocycles. The van der Waals surface area contributed by atoms with Crippen molar-refractivity contribution < 1.29 is 4.79 Å². The molecule has 1 amide bonds. The Hall–Kier alpha value is -0.530. The van der Waals surface area contributed by atoms with Crippen LogP contribution in [-0.2, 0) is 4.79 Å². The van der Waals surface area contributed by atoms with E-state index < -0.39 is 0 Å². The molecule has 0 aromatic heterocycles. The van der Waals surface area contributed by atoms with Crippen molar-refractivity contribution in [3.8, 4) is 0 Å². The van der Waals surface area contributed by atoms with Gasteiger partial charge < -0.3 is 4.90 Å². The van der Waals surface area contributed by atoms with Gasteiger partial charge in [-0.3, -0.25) is 4.79 Å². The first kappa shape index (κ1) is 23.5. The van der Waals surface area contributed by atoms with Crippen molar-refractivity contribution in [3.63, 3.8) is 0 Å². The molecule has 1 rings (SSSR count). The first-order valence-corrected chi connectivity index (χ1v) is 11.7. The molecule has 1 heterocycles. The Labute approximate surface area is 164 Å². The van der Waals surface area contributed by atoms with Gasteiger partial charge in [0.25, 0.3) is 0 Å². The summed E-state index contributed by atoms with van der Waals surface area (Å²) in [7, 11) is 0. The average molecular weight is 366 g/mol. The number of rotatable bonds is 14. The minimum Gasteiger partial charge on any atom is -0.343 e. The fraction of sp³-hybridized carbons (Fsp3) is 0.958. The quantitative estimate of drug-likeness (QED) is 0.322. The lowest BCUT2D eigenvalue weighted by molar-refractivity contribution is -0.131. The second-order valence-electron chi connectivity index (χ2n) is 9.79. The van der Waals surface area contributed by atoms with E-state index in [0.29, 0.717) is 11.8 Å². The molecule has 3 atom stereocenters. The lowest BCUT2D eigenvalue weighted by Crippen LogP contribution is -2.28. The van der Waals surface area contributed by atoms with Crippen LogP contribution in [0.1, 0.15) is 112 Å². The standard InChI is InChI=1S/C24H47NO/c1-20(2)11-8-12-21(3)13-9-14-22(4)15-10-16-23(5)19-24(26)25-17-6-7-18-25/h20-23H,6-19H2,1-5H3. The molecule has 1 saturated heterocycles. The highest BCUT2D eigenvalue weighted by Gasteiger charge is 2.19. The summed E-state index contributed by atoms with van der Waals surface area (Å²) in [6.07, 6.45) is 15.4. The molecule has 1 fully saturated rings. The number of carbonyl (C=O) groups excluding carboxylic acids is 1. The van der Waals surface area contributed by atoms with E-state index in [9.17, 15) is 4.79 Å². The van der Waals surface area contributed by atoms with Crippen LogP contribution in [0, 0.1) is 23.7 Å². The summed E-state index contributed by atoms with van der Waals surface area (Å²) in [4.78, 5) is 14.3. The van der Waals surface area contributed by atoms with E-state index >= 15 is 0 Å². The number of nitrogens with zero attached hydrogens (tertiary/aromatic N) is 1. The van der Waals surface area contributed by atoms with Crippen LogP contribution >= 0.6 is 0 Å². The van der Waals surface area contributed by atoms with Crippen LogP contribution < -0.4 is 0 Å². The molecule has 0 aromatic carbocycles. The fourth-order valence-electron chi connectivity index (χ4n) is 4.29. The zero-order valence-corrected chi connectivity index (χ0v) is 18.6. The minimum absolute atomic E-state index is 0.398. The lowest BCUT2D eigenvalue weighted by Gasteiger charge is -2.19. The van der Waals surface area contributed by atoms with Gasteiger partial charge in [-0.2, -0.15) is 0 Å². The van der Waals surface area contributed by atoms with Crippen molar-refractivity contribution >= 4 is 5.91 Å². The van der Waals surface area contributed by atoms with Crippen LogP contribution in [0.3, 0.4) is 0 Å². The summed E-state index contributed by atoms with van der Waals surface area (Å²) in [5.41, 5.74) is 0. The van der Waals surface area contributed by atoms with Crippen molar-refractivity contribution in [1.82, 2.24) is 4.90 Å². The molecule has 26 heavy (non-hydrogen) atoms. The minimum atomic E-state index is 0.398. The number of hydrogen-bond acceptors (Lipinski definition) is 1. The Bertz CT molecular complexity index is 359. The van der Waals surface area contributed by atoms with E-state index in [2.05, 4.69) is 39.5 Å². The lowest BCUT2D eigenvalue weighted by atomic mass is 9.90. The molecule has 2 heteroatoms. The maximum absolute atomic E-state index is 12.2. The Balaban J connectivity index is 2.00. The maximum Gasteiger partial charge on any atom is 0.222 e. The molecule has 2 nitrogen and oxygen atoms in total. The van der Waals surface area contributed by atoms with Gasteiger partial charge in [0.05, 0.1) is 0 Å².